The first kappa shape index (κ1) is 13.3. The Bertz CT molecular complexity index is 92.9. The van der Waals surface area contributed by atoms with Crippen molar-refractivity contribution in [3.8, 4) is 0 Å². The highest BCUT2D eigenvalue weighted by molar-refractivity contribution is 6.36. The first-order valence-corrected chi connectivity index (χ1v) is 5.50. The third-order valence-electron chi connectivity index (χ3n) is 1.28. The van der Waals surface area contributed by atoms with Gasteiger partial charge in [0.1, 0.15) is 0 Å². The fourth-order valence-electron chi connectivity index (χ4n) is 0.640. The van der Waals surface area contributed by atoms with E-state index in [4.69, 9.17) is 20.8 Å². The molecule has 13 heavy (non-hydrogen) atoms. The summed E-state index contributed by atoms with van der Waals surface area (Å²) >= 11 is -1.94. The van der Waals surface area contributed by atoms with Crippen LogP contribution in [0.4, 0.5) is 0 Å². The normalized spacial score (nSPS) is 10.4. The molecule has 0 unspecified atom stereocenters. The molecule has 6 heteroatoms. The fourth-order valence-corrected chi connectivity index (χ4v) is 1.59. The summed E-state index contributed by atoms with van der Waals surface area (Å²) in [6.45, 7) is 2.13. The zero-order chi connectivity index (χ0) is 9.94. The van der Waals surface area contributed by atoms with E-state index in [9.17, 15) is 0 Å². The van der Waals surface area contributed by atoms with E-state index in [-0.39, 0.29) is 0 Å². The van der Waals surface area contributed by atoms with Gasteiger partial charge in [-0.05, 0) is 0 Å². The van der Waals surface area contributed by atoms with Crippen molar-refractivity contribution >= 4 is 15.1 Å². The van der Waals surface area contributed by atoms with Gasteiger partial charge in [-0.1, -0.05) is 0 Å². The van der Waals surface area contributed by atoms with Crippen LogP contribution in [0.3, 0.4) is 0 Å². The van der Waals surface area contributed by atoms with Gasteiger partial charge in [0, 0.05) is 34.5 Å². The SMILES string of the molecule is COCC[O][Al]([O]C)[O]CCOC. The molecule has 5 nitrogen and oxygen atoms in total. The van der Waals surface area contributed by atoms with Gasteiger partial charge in [-0.15, -0.1) is 0 Å². The van der Waals surface area contributed by atoms with Gasteiger partial charge in [-0.25, -0.2) is 0 Å². The average Bonchev–Trinajstić information content (AvgIpc) is 2.16. The predicted octanol–water partition coefficient (Wildman–Crippen LogP) is -0.0563. The lowest BCUT2D eigenvalue weighted by Crippen LogP contribution is -2.28. The maximum Gasteiger partial charge on any atom is 0.905 e. The third-order valence-corrected chi connectivity index (χ3v) is 2.68. The van der Waals surface area contributed by atoms with Crippen LogP contribution in [0.15, 0.2) is 0 Å². The summed E-state index contributed by atoms with van der Waals surface area (Å²) in [4.78, 5) is 0. The molecule has 0 aliphatic carbocycles. The minimum Gasteiger partial charge on any atom is -0.457 e. The summed E-state index contributed by atoms with van der Waals surface area (Å²) in [5.74, 6) is 0. The molecule has 0 aromatic heterocycles. The molecule has 0 radical (unpaired) electrons. The molecule has 0 rings (SSSR count). The molecule has 78 valence electrons. The van der Waals surface area contributed by atoms with Gasteiger partial charge in [0.25, 0.3) is 0 Å². The molecule has 0 aromatic carbocycles. The smallest absolute Gasteiger partial charge is 0.457 e. The van der Waals surface area contributed by atoms with Crippen molar-refractivity contribution in [2.24, 2.45) is 0 Å². The Morgan fingerprint density at radius 3 is 1.54 bits per heavy atom. The van der Waals surface area contributed by atoms with Crippen LogP contribution in [0.25, 0.3) is 0 Å². The van der Waals surface area contributed by atoms with Crippen LogP contribution < -0.4 is 0 Å². The van der Waals surface area contributed by atoms with E-state index >= 15 is 0 Å². The van der Waals surface area contributed by atoms with Gasteiger partial charge in [0.15, 0.2) is 0 Å². The predicted molar refractivity (Wildman–Crippen MR) is 48.4 cm³/mol. The highest BCUT2D eigenvalue weighted by Gasteiger charge is 2.28. The molecule has 0 N–H and O–H groups in total. The summed E-state index contributed by atoms with van der Waals surface area (Å²) in [6, 6.07) is 0. The largest absolute Gasteiger partial charge is 0.905 e. The van der Waals surface area contributed by atoms with E-state index in [1.807, 2.05) is 0 Å². The van der Waals surface area contributed by atoms with Crippen molar-refractivity contribution in [1.29, 1.82) is 0 Å². The minimum absolute atomic E-state index is 0.508. The molecule has 0 atom stereocenters. The molecule has 0 saturated carbocycles. The Labute approximate surface area is 84.3 Å². The highest BCUT2D eigenvalue weighted by Crippen LogP contribution is 1.90. The summed E-state index contributed by atoms with van der Waals surface area (Å²) in [6.07, 6.45) is 0. The van der Waals surface area contributed by atoms with E-state index < -0.39 is 15.1 Å². The number of ether oxygens (including phenoxy) is 2. The van der Waals surface area contributed by atoms with Crippen LogP contribution in [-0.4, -0.2) is 62.9 Å². The first-order chi connectivity index (χ1) is 6.35. The second kappa shape index (κ2) is 10.4. The van der Waals surface area contributed by atoms with E-state index in [0.29, 0.717) is 26.4 Å². The van der Waals surface area contributed by atoms with Crippen molar-refractivity contribution in [3.05, 3.63) is 0 Å². The van der Waals surface area contributed by atoms with Crippen molar-refractivity contribution in [2.45, 2.75) is 0 Å². The fraction of sp³-hybridized carbons (Fsp3) is 1.00. The summed E-state index contributed by atoms with van der Waals surface area (Å²) < 4.78 is 25.3. The maximum atomic E-state index is 5.29. The summed E-state index contributed by atoms with van der Waals surface area (Å²) in [5.41, 5.74) is 0. The van der Waals surface area contributed by atoms with Gasteiger partial charge >= 0.3 is 15.1 Å². The van der Waals surface area contributed by atoms with Crippen LogP contribution >= 0.6 is 0 Å². The van der Waals surface area contributed by atoms with Crippen molar-refractivity contribution in [1.82, 2.24) is 0 Å². The molecule has 0 heterocycles. The molecule has 0 amide bonds. The zero-order valence-electron chi connectivity index (χ0n) is 8.45. The maximum absolute atomic E-state index is 5.29. The first-order valence-electron chi connectivity index (χ1n) is 4.09. The lowest BCUT2D eigenvalue weighted by molar-refractivity contribution is 0.0605. The van der Waals surface area contributed by atoms with Gasteiger partial charge in [-0.2, -0.15) is 0 Å². The number of methoxy groups -OCH3 is 2. The molecule has 0 bridgehead atoms. The molecule has 0 spiro atoms. The molecule has 0 saturated heterocycles. The lowest BCUT2D eigenvalue weighted by Gasteiger charge is -2.10. The molecule has 0 aromatic rings. The highest BCUT2D eigenvalue weighted by atomic mass is 27.3. The molecular weight excluding hydrogens is 191 g/mol. The summed E-state index contributed by atoms with van der Waals surface area (Å²) in [7, 11) is 4.83. The third kappa shape index (κ3) is 8.66. The van der Waals surface area contributed by atoms with Crippen LogP contribution in [-0.2, 0) is 20.8 Å². The Kier molecular flexibility index (Phi) is 10.7. The number of hydrogen-bond donors (Lipinski definition) is 0. The van der Waals surface area contributed by atoms with Crippen molar-refractivity contribution < 1.29 is 20.8 Å². The Hall–Kier alpha value is 0.332. The van der Waals surface area contributed by atoms with Crippen LogP contribution in [0, 0.1) is 0 Å². The average molecular weight is 208 g/mol. The van der Waals surface area contributed by atoms with Crippen LogP contribution in [0.5, 0.6) is 0 Å². The summed E-state index contributed by atoms with van der Waals surface area (Å²) in [5, 5.41) is 0. The van der Waals surface area contributed by atoms with E-state index in [1.165, 1.54) is 0 Å². The lowest BCUT2D eigenvalue weighted by atomic mass is 10.8. The molecule has 0 aliphatic rings. The van der Waals surface area contributed by atoms with Gasteiger partial charge < -0.3 is 20.8 Å². The molecule has 0 aliphatic heterocycles. The van der Waals surface area contributed by atoms with Crippen LogP contribution in [0.1, 0.15) is 0 Å². The zero-order valence-corrected chi connectivity index (χ0v) is 9.60. The number of rotatable bonds is 9. The number of hydrogen-bond acceptors (Lipinski definition) is 5. The Balaban J connectivity index is 3.28. The van der Waals surface area contributed by atoms with E-state index in [2.05, 4.69) is 0 Å². The van der Waals surface area contributed by atoms with Gasteiger partial charge in [-0.3, -0.25) is 0 Å². The Morgan fingerprint density at radius 2 is 1.23 bits per heavy atom. The van der Waals surface area contributed by atoms with Gasteiger partial charge in [0.2, 0.25) is 0 Å². The molecular formula is C7H17AlO5. The van der Waals surface area contributed by atoms with E-state index in [0.717, 1.165) is 0 Å². The van der Waals surface area contributed by atoms with Gasteiger partial charge in [0.05, 0.1) is 13.2 Å². The van der Waals surface area contributed by atoms with Crippen molar-refractivity contribution in [2.75, 3.05) is 47.8 Å². The Morgan fingerprint density at radius 1 is 0.769 bits per heavy atom. The van der Waals surface area contributed by atoms with Crippen LogP contribution in [0.2, 0.25) is 0 Å². The topological polar surface area (TPSA) is 46.2 Å². The second-order valence-electron chi connectivity index (χ2n) is 2.25. The minimum atomic E-state index is -1.94. The standard InChI is InChI=1S/2C3H7O2.CH3O.Al/c2*1-5-3-2-4;1-2;/h2*2-3H2,1H3;1H3;/q3*-1;+3. The van der Waals surface area contributed by atoms with Crippen molar-refractivity contribution in [3.63, 3.8) is 0 Å². The monoisotopic (exact) mass is 208 g/mol. The van der Waals surface area contributed by atoms with E-state index in [1.54, 1.807) is 21.3 Å². The second-order valence-corrected chi connectivity index (χ2v) is 3.97. The quantitative estimate of drug-likeness (QED) is 0.392. The molecule has 0 fully saturated rings.